The first kappa shape index (κ1) is 14.6. The Bertz CT molecular complexity index is 854. The number of anilines is 2. The van der Waals surface area contributed by atoms with Crippen LogP contribution in [0.4, 0.5) is 15.9 Å². The summed E-state index contributed by atoms with van der Waals surface area (Å²) in [5, 5.41) is 2.44. The van der Waals surface area contributed by atoms with Gasteiger partial charge in [0, 0.05) is 6.07 Å². The second kappa shape index (κ2) is 6.18. The molecule has 0 aliphatic carbocycles. The zero-order valence-corrected chi connectivity index (χ0v) is 12.0. The van der Waals surface area contributed by atoms with Crippen molar-refractivity contribution in [3.05, 3.63) is 66.5 Å². The quantitative estimate of drug-likeness (QED) is 0.772. The number of pyridine rings is 1. The number of nitrogens with two attached hydrogens (primary N) is 1. The zero-order chi connectivity index (χ0) is 16.2. The van der Waals surface area contributed by atoms with E-state index in [0.29, 0.717) is 5.69 Å². The lowest BCUT2D eigenvalue weighted by molar-refractivity contribution is -0.377. The van der Waals surface area contributed by atoms with Gasteiger partial charge in [-0.05, 0) is 18.2 Å². The normalized spacial score (nSPS) is 10.3. The van der Waals surface area contributed by atoms with Gasteiger partial charge in [-0.2, -0.15) is 0 Å². The first-order chi connectivity index (χ1) is 11.1. The van der Waals surface area contributed by atoms with Crippen molar-refractivity contribution in [2.24, 2.45) is 0 Å². The first-order valence-electron chi connectivity index (χ1n) is 6.80. The van der Waals surface area contributed by atoms with Crippen molar-refractivity contribution in [1.82, 2.24) is 9.97 Å². The van der Waals surface area contributed by atoms with E-state index in [4.69, 9.17) is 5.73 Å². The lowest BCUT2D eigenvalue weighted by Crippen LogP contribution is -2.18. The van der Waals surface area contributed by atoms with E-state index in [2.05, 4.69) is 20.3 Å². The molecule has 0 atom stereocenters. The molecule has 0 saturated carbocycles. The third-order valence-corrected chi connectivity index (χ3v) is 3.14. The molecule has 114 valence electrons. The van der Waals surface area contributed by atoms with Crippen molar-refractivity contribution in [1.29, 1.82) is 0 Å². The van der Waals surface area contributed by atoms with E-state index in [9.17, 15) is 9.18 Å². The molecule has 0 radical (unpaired) electrons. The van der Waals surface area contributed by atoms with Gasteiger partial charge < -0.3 is 11.1 Å². The summed E-state index contributed by atoms with van der Waals surface area (Å²) in [6, 6.07) is 9.46. The highest BCUT2D eigenvalue weighted by Gasteiger charge is 2.16. The molecular formula is C16H13FN5O+. The molecule has 1 aromatic carbocycles. The van der Waals surface area contributed by atoms with Crippen molar-refractivity contribution >= 4 is 17.4 Å². The number of nitrogen functional groups attached to an aromatic ring is 1. The minimum atomic E-state index is -0.623. The lowest BCUT2D eigenvalue weighted by Gasteiger charge is -2.08. The van der Waals surface area contributed by atoms with Gasteiger partial charge in [0.15, 0.2) is 23.9 Å². The smallest absolute Gasteiger partial charge is 0.278 e. The summed E-state index contributed by atoms with van der Waals surface area (Å²) >= 11 is 0. The zero-order valence-electron chi connectivity index (χ0n) is 12.0. The van der Waals surface area contributed by atoms with Crippen molar-refractivity contribution < 1.29 is 14.2 Å². The van der Waals surface area contributed by atoms with E-state index in [1.54, 1.807) is 24.5 Å². The molecule has 23 heavy (non-hydrogen) atoms. The van der Waals surface area contributed by atoms with E-state index in [1.165, 1.54) is 24.4 Å². The Hall–Kier alpha value is -3.35. The average molecular weight is 310 g/mol. The molecule has 3 aromatic rings. The minimum Gasteiger partial charge on any atom is -0.382 e. The fourth-order valence-electron chi connectivity index (χ4n) is 2.00. The van der Waals surface area contributed by atoms with Gasteiger partial charge >= 0.3 is 0 Å². The number of halogens is 1. The van der Waals surface area contributed by atoms with E-state index >= 15 is 0 Å². The van der Waals surface area contributed by atoms with Gasteiger partial charge in [0.25, 0.3) is 5.91 Å². The minimum absolute atomic E-state index is 0.0255. The molecule has 2 aromatic heterocycles. The Morgan fingerprint density at radius 1 is 1.22 bits per heavy atom. The van der Waals surface area contributed by atoms with Crippen molar-refractivity contribution in [2.45, 2.75) is 0 Å². The van der Waals surface area contributed by atoms with Gasteiger partial charge in [0.05, 0.1) is 23.1 Å². The third kappa shape index (κ3) is 3.13. The van der Waals surface area contributed by atoms with Crippen LogP contribution in [0, 0.1) is 5.82 Å². The number of para-hydroxylation sites is 1. The molecule has 0 aliphatic rings. The summed E-state index contributed by atoms with van der Waals surface area (Å²) in [5.74, 6) is -1.19. The summed E-state index contributed by atoms with van der Waals surface area (Å²) in [6.45, 7) is 0. The predicted molar refractivity (Wildman–Crippen MR) is 82.8 cm³/mol. The predicted octanol–water partition coefficient (Wildman–Crippen LogP) is 1.93. The number of hydrogen-bond acceptors (Lipinski definition) is 4. The number of nitrogens with zero attached hydrogens (tertiary/aromatic N) is 2. The molecule has 7 heteroatoms. The Balaban J connectivity index is 1.93. The number of H-pyrrole nitrogens is 1. The molecule has 0 spiro atoms. The number of rotatable bonds is 3. The average Bonchev–Trinajstić information content (AvgIpc) is 2.58. The second-order valence-electron chi connectivity index (χ2n) is 4.72. The maximum atomic E-state index is 13.6. The third-order valence-electron chi connectivity index (χ3n) is 3.14. The van der Waals surface area contributed by atoms with Crippen LogP contribution in [0.1, 0.15) is 10.5 Å². The van der Waals surface area contributed by atoms with Crippen molar-refractivity contribution in [3.8, 4) is 11.3 Å². The van der Waals surface area contributed by atoms with Crippen LogP contribution < -0.4 is 16.0 Å². The first-order valence-corrected chi connectivity index (χ1v) is 6.80. The van der Waals surface area contributed by atoms with Crippen LogP contribution in [0.25, 0.3) is 11.3 Å². The summed E-state index contributed by atoms with van der Waals surface area (Å²) in [4.78, 5) is 23.4. The molecule has 1 amide bonds. The molecule has 3 rings (SSSR count). The summed E-state index contributed by atoms with van der Waals surface area (Å²) < 4.78 is 13.6. The number of nitrogens with one attached hydrogen (secondary N) is 2. The Labute approximate surface area is 131 Å². The van der Waals surface area contributed by atoms with E-state index < -0.39 is 11.7 Å². The summed E-state index contributed by atoms with van der Waals surface area (Å²) in [7, 11) is 0. The summed E-state index contributed by atoms with van der Waals surface area (Å²) in [5.41, 5.74) is 6.95. The molecule has 2 heterocycles. The van der Waals surface area contributed by atoms with Crippen LogP contribution in [0.15, 0.2) is 55.0 Å². The van der Waals surface area contributed by atoms with Gasteiger partial charge in [-0.15, -0.1) is 0 Å². The fourth-order valence-corrected chi connectivity index (χ4v) is 2.00. The monoisotopic (exact) mass is 310 g/mol. The van der Waals surface area contributed by atoms with E-state index in [1.807, 2.05) is 6.07 Å². The lowest BCUT2D eigenvalue weighted by atomic mass is 10.2. The van der Waals surface area contributed by atoms with E-state index in [0.717, 1.165) is 5.56 Å². The molecular weight excluding hydrogens is 297 g/mol. The van der Waals surface area contributed by atoms with Gasteiger partial charge in [0.2, 0.25) is 0 Å². The highest BCUT2D eigenvalue weighted by atomic mass is 19.1. The number of amides is 1. The highest BCUT2D eigenvalue weighted by Crippen LogP contribution is 2.18. The Kier molecular flexibility index (Phi) is 3.92. The van der Waals surface area contributed by atoms with Crippen LogP contribution in [-0.4, -0.2) is 15.9 Å². The molecule has 0 bridgehead atoms. The second-order valence-corrected chi connectivity index (χ2v) is 4.72. The van der Waals surface area contributed by atoms with Crippen molar-refractivity contribution in [3.63, 3.8) is 0 Å². The maximum absolute atomic E-state index is 13.6. The number of carbonyl (C=O) groups excluding carboxylic acids is 1. The molecule has 0 aliphatic heterocycles. The molecule has 0 saturated heterocycles. The van der Waals surface area contributed by atoms with Gasteiger partial charge in [0.1, 0.15) is 5.82 Å². The molecule has 4 N–H and O–H groups in total. The molecule has 6 nitrogen and oxygen atoms in total. The highest BCUT2D eigenvalue weighted by molar-refractivity contribution is 6.06. The van der Waals surface area contributed by atoms with E-state index in [-0.39, 0.29) is 17.2 Å². The number of aromatic amines is 1. The topological polar surface area (TPSA) is 95.0 Å². The van der Waals surface area contributed by atoms with Gasteiger partial charge in [-0.1, -0.05) is 12.1 Å². The standard InChI is InChI=1S/C16H12FN5O/c17-11-5-1-2-6-12(11)22-16(23)14-15(18)20-9-13(21-14)10-4-3-7-19-8-10/h1-9H,(H2,18,20)(H,22,23)/p+1. The van der Waals surface area contributed by atoms with Crippen molar-refractivity contribution in [2.75, 3.05) is 11.1 Å². The van der Waals surface area contributed by atoms with Gasteiger partial charge in [-0.25, -0.2) is 19.3 Å². The SMILES string of the molecule is Nc1ncc(-c2ccc[nH+]c2)nc1C(=O)Nc1ccccc1F. The Morgan fingerprint density at radius 3 is 2.78 bits per heavy atom. The van der Waals surface area contributed by atoms with Crippen LogP contribution >= 0.6 is 0 Å². The number of hydrogen-bond donors (Lipinski definition) is 2. The molecule has 0 fully saturated rings. The van der Waals surface area contributed by atoms with Gasteiger partial charge in [-0.3, -0.25) is 4.79 Å². The largest absolute Gasteiger partial charge is 0.382 e. The fraction of sp³-hybridized carbons (Fsp3) is 0. The van der Waals surface area contributed by atoms with Crippen LogP contribution in [0.2, 0.25) is 0 Å². The Morgan fingerprint density at radius 2 is 2.04 bits per heavy atom. The van der Waals surface area contributed by atoms with Crippen LogP contribution in [0.3, 0.4) is 0 Å². The van der Waals surface area contributed by atoms with Crippen LogP contribution in [0.5, 0.6) is 0 Å². The summed E-state index contributed by atoms with van der Waals surface area (Å²) in [6.07, 6.45) is 4.94. The number of carbonyl (C=O) groups is 1. The molecule has 0 unspecified atom stereocenters. The number of benzene rings is 1. The number of aromatic nitrogens is 3. The van der Waals surface area contributed by atoms with Crippen LogP contribution in [-0.2, 0) is 0 Å². The maximum Gasteiger partial charge on any atom is 0.278 e.